The second-order valence-electron chi connectivity index (χ2n) is 9.68. The number of aryl methyl sites for hydroxylation is 3. The largest absolute Gasteiger partial charge is 0.343 e. The van der Waals surface area contributed by atoms with Crippen LogP contribution in [0.2, 0.25) is 0 Å². The molecule has 0 aliphatic carbocycles. The molecule has 0 saturated carbocycles. The molecule has 0 amide bonds. The topological polar surface area (TPSA) is 9.86 Å². The smallest absolute Gasteiger partial charge is 0.0641 e. The number of rotatable bonds is 2. The molecule has 0 aliphatic heterocycles. The van der Waals surface area contributed by atoms with Gasteiger partial charge in [-0.15, -0.1) is 0 Å². The lowest BCUT2D eigenvalue weighted by Gasteiger charge is -2.12. The summed E-state index contributed by atoms with van der Waals surface area (Å²) in [6, 6.07) is 37.8. The van der Waals surface area contributed by atoms with Gasteiger partial charge in [0.2, 0.25) is 0 Å². The fourth-order valence-corrected chi connectivity index (χ4v) is 5.78. The Kier molecular flexibility index (Phi) is 4.22. The van der Waals surface area contributed by atoms with E-state index in [1.54, 1.807) is 0 Å². The van der Waals surface area contributed by atoms with Crippen molar-refractivity contribution < 1.29 is 0 Å². The molecule has 2 heterocycles. The van der Waals surface area contributed by atoms with Gasteiger partial charge in [-0.1, -0.05) is 78.4 Å². The van der Waals surface area contributed by atoms with Crippen molar-refractivity contribution in [1.29, 1.82) is 0 Å². The van der Waals surface area contributed by atoms with Crippen LogP contribution in [-0.4, -0.2) is 9.13 Å². The molecule has 0 saturated heterocycles. The van der Waals surface area contributed by atoms with Crippen LogP contribution in [0.3, 0.4) is 0 Å². The van der Waals surface area contributed by atoms with Gasteiger partial charge < -0.3 is 9.13 Å². The molecule has 0 N–H and O–H groups in total. The number of hydrogen-bond acceptors (Lipinski definition) is 0. The lowest BCUT2D eigenvalue weighted by atomic mass is 9.98. The Morgan fingerprint density at radius 2 is 1.26 bits per heavy atom. The van der Waals surface area contributed by atoms with Crippen molar-refractivity contribution in [3.63, 3.8) is 0 Å². The van der Waals surface area contributed by atoms with Crippen LogP contribution in [-0.2, 0) is 7.05 Å². The molecule has 5 aromatic carbocycles. The molecule has 168 valence electrons. The van der Waals surface area contributed by atoms with Crippen LogP contribution in [0.15, 0.2) is 103 Å². The Bertz CT molecular complexity index is 1900. The van der Waals surface area contributed by atoms with Gasteiger partial charge in [-0.05, 0) is 55.3 Å². The van der Waals surface area contributed by atoms with E-state index in [1.807, 2.05) is 0 Å². The van der Waals surface area contributed by atoms with Crippen molar-refractivity contribution in [2.75, 3.05) is 0 Å². The zero-order chi connectivity index (χ0) is 23.7. The van der Waals surface area contributed by atoms with Crippen molar-refractivity contribution in [1.82, 2.24) is 9.13 Å². The first-order valence-corrected chi connectivity index (χ1v) is 12.2. The normalized spacial score (nSPS) is 11.9. The minimum Gasteiger partial charge on any atom is -0.343 e. The maximum atomic E-state index is 2.47. The Hall–Kier alpha value is -4.30. The molecule has 2 aromatic heterocycles. The zero-order valence-corrected chi connectivity index (χ0v) is 20.2. The van der Waals surface area contributed by atoms with E-state index in [1.165, 1.54) is 71.6 Å². The number of nitrogens with zero attached hydrogens (tertiary/aromatic N) is 2. The molecule has 0 atom stereocenters. The summed E-state index contributed by atoms with van der Waals surface area (Å²) in [6.45, 7) is 4.33. The highest BCUT2D eigenvalue weighted by atomic mass is 15.0. The van der Waals surface area contributed by atoms with E-state index in [9.17, 15) is 0 Å². The van der Waals surface area contributed by atoms with Crippen LogP contribution in [0.25, 0.3) is 60.4 Å². The fraction of sp³-hybridized carbons (Fsp3) is 0.0909. The average Bonchev–Trinajstić information content (AvgIpc) is 3.37. The Balaban J connectivity index is 1.80. The highest BCUT2D eigenvalue weighted by Crippen LogP contribution is 2.44. The second-order valence-corrected chi connectivity index (χ2v) is 9.68. The molecule has 2 nitrogen and oxygen atoms in total. The van der Waals surface area contributed by atoms with Gasteiger partial charge >= 0.3 is 0 Å². The third-order valence-corrected chi connectivity index (χ3v) is 7.43. The number of para-hydroxylation sites is 1. The first-order chi connectivity index (χ1) is 17.1. The average molecular weight is 451 g/mol. The van der Waals surface area contributed by atoms with Crippen molar-refractivity contribution in [3.8, 4) is 16.8 Å². The van der Waals surface area contributed by atoms with E-state index < -0.39 is 0 Å². The van der Waals surface area contributed by atoms with Gasteiger partial charge in [-0.3, -0.25) is 0 Å². The predicted octanol–water partition coefficient (Wildman–Crippen LogP) is 8.71. The standard InChI is InChI=1S/C33H26N2/c1-21-13-16-24(17-14-21)35-30-19-22(2)15-18-25(30)28-20-27(23-9-5-4-6-10-23)32-31(33(28)35)26-11-7-8-12-29(26)34(32)3/h4-20H,1-3H3. The third kappa shape index (κ3) is 2.83. The van der Waals surface area contributed by atoms with Crippen LogP contribution >= 0.6 is 0 Å². The zero-order valence-electron chi connectivity index (χ0n) is 20.2. The summed E-state index contributed by atoms with van der Waals surface area (Å²) in [4.78, 5) is 0. The van der Waals surface area contributed by atoms with Gasteiger partial charge in [-0.2, -0.15) is 0 Å². The number of fused-ring (bicyclic) bond motifs is 7. The summed E-state index contributed by atoms with van der Waals surface area (Å²) in [5, 5.41) is 5.19. The van der Waals surface area contributed by atoms with E-state index in [4.69, 9.17) is 0 Å². The summed E-state index contributed by atoms with van der Waals surface area (Å²) >= 11 is 0. The minimum absolute atomic E-state index is 1.20. The van der Waals surface area contributed by atoms with E-state index in [2.05, 4.69) is 133 Å². The monoisotopic (exact) mass is 450 g/mol. The van der Waals surface area contributed by atoms with Crippen LogP contribution in [0.1, 0.15) is 11.1 Å². The molecule has 0 spiro atoms. The molecule has 0 aliphatic rings. The number of hydrogen-bond donors (Lipinski definition) is 0. The van der Waals surface area contributed by atoms with E-state index in [-0.39, 0.29) is 0 Å². The summed E-state index contributed by atoms with van der Waals surface area (Å²) < 4.78 is 4.84. The molecule has 0 bridgehead atoms. The van der Waals surface area contributed by atoms with Crippen molar-refractivity contribution >= 4 is 43.6 Å². The first-order valence-electron chi connectivity index (χ1n) is 12.2. The summed E-state index contributed by atoms with van der Waals surface area (Å²) in [6.07, 6.45) is 0. The molecular weight excluding hydrogens is 424 g/mol. The maximum Gasteiger partial charge on any atom is 0.0641 e. The molecule has 0 radical (unpaired) electrons. The molecule has 7 aromatic rings. The Morgan fingerprint density at radius 3 is 2.06 bits per heavy atom. The van der Waals surface area contributed by atoms with Crippen molar-refractivity contribution in [3.05, 3.63) is 114 Å². The summed E-state index contributed by atoms with van der Waals surface area (Å²) in [7, 11) is 2.20. The summed E-state index contributed by atoms with van der Waals surface area (Å²) in [5.41, 5.74) is 11.3. The number of benzene rings is 5. The molecule has 0 unspecified atom stereocenters. The van der Waals surface area contributed by atoms with Crippen LogP contribution in [0.5, 0.6) is 0 Å². The van der Waals surface area contributed by atoms with Gasteiger partial charge in [0.1, 0.15) is 0 Å². The summed E-state index contributed by atoms with van der Waals surface area (Å²) in [5.74, 6) is 0. The first kappa shape index (κ1) is 20.1. The van der Waals surface area contributed by atoms with Crippen LogP contribution in [0.4, 0.5) is 0 Å². The highest BCUT2D eigenvalue weighted by Gasteiger charge is 2.22. The molecule has 7 rings (SSSR count). The quantitative estimate of drug-likeness (QED) is 0.249. The van der Waals surface area contributed by atoms with E-state index in [0.29, 0.717) is 0 Å². The van der Waals surface area contributed by atoms with Crippen LogP contribution < -0.4 is 0 Å². The SMILES string of the molecule is Cc1ccc(-n2c3cc(C)ccc3c3cc(-c4ccccc4)c4c(c5ccccc5n4C)c32)cc1. The van der Waals surface area contributed by atoms with Crippen molar-refractivity contribution in [2.45, 2.75) is 13.8 Å². The highest BCUT2D eigenvalue weighted by molar-refractivity contribution is 6.28. The minimum atomic E-state index is 1.20. The van der Waals surface area contributed by atoms with E-state index >= 15 is 0 Å². The van der Waals surface area contributed by atoms with Gasteiger partial charge in [0.05, 0.1) is 16.6 Å². The van der Waals surface area contributed by atoms with Crippen molar-refractivity contribution in [2.24, 2.45) is 7.05 Å². The second kappa shape index (κ2) is 7.35. The fourth-order valence-electron chi connectivity index (χ4n) is 5.78. The van der Waals surface area contributed by atoms with Gasteiger partial charge in [-0.25, -0.2) is 0 Å². The van der Waals surface area contributed by atoms with Gasteiger partial charge in [0, 0.05) is 45.4 Å². The van der Waals surface area contributed by atoms with Gasteiger partial charge in [0.25, 0.3) is 0 Å². The lowest BCUT2D eigenvalue weighted by molar-refractivity contribution is 1.02. The van der Waals surface area contributed by atoms with E-state index in [0.717, 1.165) is 0 Å². The molecule has 35 heavy (non-hydrogen) atoms. The Morgan fingerprint density at radius 1 is 0.543 bits per heavy atom. The molecule has 0 fully saturated rings. The van der Waals surface area contributed by atoms with Crippen LogP contribution in [0, 0.1) is 13.8 Å². The Labute approximate surface area is 204 Å². The van der Waals surface area contributed by atoms with Gasteiger partial charge in [0.15, 0.2) is 0 Å². The molecular formula is C33H26N2. The molecule has 2 heteroatoms. The maximum absolute atomic E-state index is 2.47. The predicted molar refractivity (Wildman–Crippen MR) is 150 cm³/mol. The number of aromatic nitrogens is 2. The lowest BCUT2D eigenvalue weighted by Crippen LogP contribution is -1.96. The third-order valence-electron chi connectivity index (χ3n) is 7.43.